The van der Waals surface area contributed by atoms with Crippen LogP contribution in [0.3, 0.4) is 0 Å². The summed E-state index contributed by atoms with van der Waals surface area (Å²) in [6, 6.07) is 0. The van der Waals surface area contributed by atoms with Crippen LogP contribution in [0.4, 0.5) is 10.6 Å². The molecule has 0 saturated carbocycles. The van der Waals surface area contributed by atoms with Gasteiger partial charge >= 0.3 is 6.09 Å². The molecule has 0 aliphatic carbocycles. The number of carbonyl (C=O) groups excluding carboxylic acids is 1. The van der Waals surface area contributed by atoms with Gasteiger partial charge in [-0.1, -0.05) is 11.6 Å². The zero-order valence-corrected chi connectivity index (χ0v) is 7.99. The number of nitrogens with zero attached hydrogens (tertiary/aromatic N) is 2. The summed E-state index contributed by atoms with van der Waals surface area (Å²) in [4.78, 5) is 17.8. The fourth-order valence-electron chi connectivity index (χ4n) is 0.764. The number of ether oxygens (including phenoxy) is 1. The summed E-state index contributed by atoms with van der Waals surface area (Å²) < 4.78 is 4.49. The molecule has 0 atom stereocenters. The lowest BCUT2D eigenvalue weighted by Gasteiger charge is -2.05. The molecule has 0 fully saturated rings. The molecule has 0 spiro atoms. The molecular formula is C7H9ClN4O2. The molecule has 6 nitrogen and oxygen atoms in total. The third-order valence-corrected chi connectivity index (χ3v) is 1.58. The number of nitrogens with two attached hydrogens (primary N) is 1. The maximum Gasteiger partial charge on any atom is 0.404 e. The van der Waals surface area contributed by atoms with E-state index < -0.39 is 6.09 Å². The van der Waals surface area contributed by atoms with Gasteiger partial charge in [-0.2, -0.15) is 0 Å². The van der Waals surface area contributed by atoms with Crippen LogP contribution in [0.25, 0.3) is 0 Å². The van der Waals surface area contributed by atoms with Gasteiger partial charge in [0.15, 0.2) is 0 Å². The lowest BCUT2D eigenvalue weighted by Crippen LogP contribution is -2.18. The Hall–Kier alpha value is -1.56. The summed E-state index contributed by atoms with van der Waals surface area (Å²) in [7, 11) is 0. The summed E-state index contributed by atoms with van der Waals surface area (Å²) in [5.41, 5.74) is 4.76. The van der Waals surface area contributed by atoms with E-state index in [4.69, 9.17) is 17.3 Å². The second kappa shape index (κ2) is 5.23. The number of hydrogen-bond donors (Lipinski definition) is 2. The van der Waals surface area contributed by atoms with Gasteiger partial charge in [0.25, 0.3) is 0 Å². The van der Waals surface area contributed by atoms with Crippen LogP contribution in [0, 0.1) is 0 Å². The van der Waals surface area contributed by atoms with Crippen molar-refractivity contribution in [2.24, 2.45) is 5.73 Å². The molecule has 0 aliphatic rings. The van der Waals surface area contributed by atoms with Crippen LogP contribution < -0.4 is 11.1 Å². The molecule has 0 bridgehead atoms. The number of anilines is 1. The highest BCUT2D eigenvalue weighted by Gasteiger charge is 1.99. The fraction of sp³-hybridized carbons (Fsp3) is 0.286. The summed E-state index contributed by atoms with van der Waals surface area (Å²) in [5, 5.41) is 3.26. The topological polar surface area (TPSA) is 90.1 Å². The molecule has 0 aromatic carbocycles. The van der Waals surface area contributed by atoms with Crippen LogP contribution in [0.1, 0.15) is 0 Å². The van der Waals surface area contributed by atoms with E-state index in [-0.39, 0.29) is 6.61 Å². The normalized spacial score (nSPS) is 9.50. The van der Waals surface area contributed by atoms with Crippen molar-refractivity contribution in [2.45, 2.75) is 0 Å². The molecule has 0 radical (unpaired) electrons. The zero-order chi connectivity index (χ0) is 10.4. The highest BCUT2D eigenvalue weighted by molar-refractivity contribution is 6.32. The first-order chi connectivity index (χ1) is 6.70. The van der Waals surface area contributed by atoms with Gasteiger partial charge in [-0.05, 0) is 0 Å². The third kappa shape index (κ3) is 3.44. The molecule has 7 heteroatoms. The van der Waals surface area contributed by atoms with E-state index in [1.54, 1.807) is 0 Å². The van der Waals surface area contributed by atoms with Crippen molar-refractivity contribution in [1.29, 1.82) is 0 Å². The van der Waals surface area contributed by atoms with Gasteiger partial charge in [0.2, 0.25) is 0 Å². The van der Waals surface area contributed by atoms with Crippen molar-refractivity contribution in [3.8, 4) is 0 Å². The standard InChI is InChI=1S/C7H9ClN4O2/c8-5-3-10-4-12-6(5)11-1-2-14-7(9)13/h3-4H,1-2H2,(H2,9,13)(H,10,11,12). The summed E-state index contributed by atoms with van der Waals surface area (Å²) in [6.45, 7) is 0.551. The summed E-state index contributed by atoms with van der Waals surface area (Å²) >= 11 is 5.75. The maximum absolute atomic E-state index is 10.2. The number of halogens is 1. The van der Waals surface area contributed by atoms with Gasteiger partial charge in [-0.15, -0.1) is 0 Å². The SMILES string of the molecule is NC(=O)OCCNc1ncncc1Cl. The van der Waals surface area contributed by atoms with Crippen LogP contribution in [0.15, 0.2) is 12.5 Å². The molecule has 76 valence electrons. The first-order valence-electron chi connectivity index (χ1n) is 3.82. The minimum atomic E-state index is -0.805. The van der Waals surface area contributed by atoms with Crippen molar-refractivity contribution in [3.05, 3.63) is 17.5 Å². The highest BCUT2D eigenvalue weighted by atomic mass is 35.5. The van der Waals surface area contributed by atoms with Crippen molar-refractivity contribution in [2.75, 3.05) is 18.5 Å². The minimum Gasteiger partial charge on any atom is -0.448 e. The van der Waals surface area contributed by atoms with E-state index in [1.807, 2.05) is 0 Å². The van der Waals surface area contributed by atoms with Crippen LogP contribution in [0.5, 0.6) is 0 Å². The molecule has 0 saturated heterocycles. The number of amides is 1. The van der Waals surface area contributed by atoms with Gasteiger partial charge in [0, 0.05) is 0 Å². The van der Waals surface area contributed by atoms with Crippen molar-refractivity contribution in [1.82, 2.24) is 9.97 Å². The number of carbonyl (C=O) groups is 1. The Bertz CT molecular complexity index is 320. The fourth-order valence-corrected chi connectivity index (χ4v) is 0.936. The lowest BCUT2D eigenvalue weighted by molar-refractivity contribution is 0.161. The van der Waals surface area contributed by atoms with E-state index in [2.05, 4.69) is 20.0 Å². The van der Waals surface area contributed by atoms with E-state index in [1.165, 1.54) is 12.5 Å². The largest absolute Gasteiger partial charge is 0.448 e. The molecule has 1 heterocycles. The van der Waals surface area contributed by atoms with Crippen molar-refractivity contribution >= 4 is 23.5 Å². The van der Waals surface area contributed by atoms with Crippen molar-refractivity contribution in [3.63, 3.8) is 0 Å². The average Bonchev–Trinajstić information content (AvgIpc) is 2.15. The molecule has 0 aliphatic heterocycles. The van der Waals surface area contributed by atoms with Gasteiger partial charge in [0.05, 0.1) is 12.7 Å². The molecule has 0 unspecified atom stereocenters. The quantitative estimate of drug-likeness (QED) is 0.721. The molecule has 14 heavy (non-hydrogen) atoms. The zero-order valence-electron chi connectivity index (χ0n) is 7.24. The van der Waals surface area contributed by atoms with E-state index in [0.717, 1.165) is 0 Å². The molecule has 1 aromatic rings. The first-order valence-corrected chi connectivity index (χ1v) is 4.19. The smallest absolute Gasteiger partial charge is 0.404 e. The Kier molecular flexibility index (Phi) is 3.93. The van der Waals surface area contributed by atoms with Crippen LogP contribution >= 0.6 is 11.6 Å². The van der Waals surface area contributed by atoms with Crippen LogP contribution in [0.2, 0.25) is 5.02 Å². The number of rotatable bonds is 4. The first kappa shape index (κ1) is 10.5. The highest BCUT2D eigenvalue weighted by Crippen LogP contribution is 2.15. The summed E-state index contributed by atoms with van der Waals surface area (Å²) in [6.07, 6.45) is 2.02. The Labute approximate surface area is 85.4 Å². The lowest BCUT2D eigenvalue weighted by atomic mass is 10.5. The molecule has 3 N–H and O–H groups in total. The van der Waals surface area contributed by atoms with E-state index in [0.29, 0.717) is 17.4 Å². The van der Waals surface area contributed by atoms with Crippen LogP contribution in [-0.2, 0) is 4.74 Å². The van der Waals surface area contributed by atoms with E-state index >= 15 is 0 Å². The maximum atomic E-state index is 10.2. The number of primary amides is 1. The number of aromatic nitrogens is 2. The number of nitrogens with one attached hydrogen (secondary N) is 1. The second-order valence-corrected chi connectivity index (χ2v) is 2.72. The van der Waals surface area contributed by atoms with Gasteiger partial charge in [-0.25, -0.2) is 14.8 Å². The Morgan fingerprint density at radius 2 is 2.50 bits per heavy atom. The van der Waals surface area contributed by atoms with Crippen LogP contribution in [-0.4, -0.2) is 29.2 Å². The molecule has 1 aromatic heterocycles. The van der Waals surface area contributed by atoms with Gasteiger partial charge in [-0.3, -0.25) is 0 Å². The Balaban J connectivity index is 2.31. The third-order valence-electron chi connectivity index (χ3n) is 1.31. The van der Waals surface area contributed by atoms with E-state index in [9.17, 15) is 4.79 Å². The molecular weight excluding hydrogens is 208 g/mol. The Morgan fingerprint density at radius 3 is 3.14 bits per heavy atom. The number of hydrogen-bond acceptors (Lipinski definition) is 5. The Morgan fingerprint density at radius 1 is 1.71 bits per heavy atom. The monoisotopic (exact) mass is 216 g/mol. The average molecular weight is 217 g/mol. The molecule has 1 rings (SSSR count). The molecule has 1 amide bonds. The second-order valence-electron chi connectivity index (χ2n) is 2.31. The predicted octanol–water partition coefficient (Wildman–Crippen LogP) is 0.637. The van der Waals surface area contributed by atoms with Crippen molar-refractivity contribution < 1.29 is 9.53 Å². The van der Waals surface area contributed by atoms with Gasteiger partial charge in [0.1, 0.15) is 23.8 Å². The minimum absolute atomic E-state index is 0.162. The van der Waals surface area contributed by atoms with Gasteiger partial charge < -0.3 is 15.8 Å². The predicted molar refractivity (Wildman–Crippen MR) is 51.1 cm³/mol. The summed E-state index contributed by atoms with van der Waals surface area (Å²) in [5.74, 6) is 0.495.